The smallest absolute Gasteiger partial charge is 0.433 e. The average molecular weight is 404 g/mol. The summed E-state index contributed by atoms with van der Waals surface area (Å²) in [5, 5.41) is 3.95. The molecule has 154 valence electrons. The van der Waals surface area contributed by atoms with Gasteiger partial charge in [-0.3, -0.25) is 4.90 Å². The maximum absolute atomic E-state index is 13.5. The molecule has 0 aliphatic carbocycles. The van der Waals surface area contributed by atoms with Crippen molar-refractivity contribution < 1.29 is 17.9 Å². The molecule has 3 aromatic rings. The summed E-state index contributed by atoms with van der Waals surface area (Å²) in [4.78, 5) is 6.81. The molecule has 1 fully saturated rings. The van der Waals surface area contributed by atoms with Crippen molar-refractivity contribution in [2.24, 2.45) is 0 Å². The number of aromatic nitrogens is 3. The van der Waals surface area contributed by atoms with Gasteiger partial charge < -0.3 is 4.74 Å². The number of nitrogens with zero attached hydrogens (tertiary/aromatic N) is 4. The van der Waals surface area contributed by atoms with Gasteiger partial charge in [0, 0.05) is 24.2 Å². The Balaban J connectivity index is 1.48. The first-order valence-electron chi connectivity index (χ1n) is 9.63. The molecule has 29 heavy (non-hydrogen) atoms. The molecule has 2 aromatic heterocycles. The normalized spacial score (nSPS) is 16.4. The van der Waals surface area contributed by atoms with Gasteiger partial charge in [-0.2, -0.15) is 18.3 Å². The molecule has 1 aliphatic rings. The predicted molar refractivity (Wildman–Crippen MR) is 103 cm³/mol. The van der Waals surface area contributed by atoms with Crippen molar-refractivity contribution in [2.75, 3.05) is 20.2 Å². The molecule has 0 spiro atoms. The molecule has 0 atom stereocenters. The van der Waals surface area contributed by atoms with Crippen molar-refractivity contribution in [3.8, 4) is 5.75 Å². The van der Waals surface area contributed by atoms with Gasteiger partial charge in [-0.05, 0) is 56.6 Å². The van der Waals surface area contributed by atoms with Crippen LogP contribution in [-0.2, 0) is 12.7 Å². The van der Waals surface area contributed by atoms with Crippen LogP contribution in [0.1, 0.15) is 41.4 Å². The van der Waals surface area contributed by atoms with E-state index in [1.165, 1.54) is 11.6 Å². The topological polar surface area (TPSA) is 42.7 Å². The van der Waals surface area contributed by atoms with E-state index in [1.807, 2.05) is 24.3 Å². The highest BCUT2D eigenvalue weighted by Gasteiger charge is 2.36. The van der Waals surface area contributed by atoms with Crippen molar-refractivity contribution in [1.29, 1.82) is 0 Å². The van der Waals surface area contributed by atoms with E-state index in [1.54, 1.807) is 20.1 Å². The maximum atomic E-state index is 13.5. The molecule has 0 saturated carbocycles. The van der Waals surface area contributed by atoms with Gasteiger partial charge in [0.25, 0.3) is 0 Å². The van der Waals surface area contributed by atoms with Crippen molar-refractivity contribution in [3.63, 3.8) is 0 Å². The lowest BCUT2D eigenvalue weighted by molar-refractivity contribution is -0.142. The number of benzene rings is 1. The van der Waals surface area contributed by atoms with Crippen LogP contribution in [0, 0.1) is 6.92 Å². The molecule has 8 heteroatoms. The molecule has 1 saturated heterocycles. The minimum Gasteiger partial charge on any atom is -0.497 e. The minimum atomic E-state index is -4.47. The van der Waals surface area contributed by atoms with Crippen LogP contribution in [0.2, 0.25) is 0 Å². The van der Waals surface area contributed by atoms with Gasteiger partial charge in [0.05, 0.1) is 12.8 Å². The largest absolute Gasteiger partial charge is 0.497 e. The predicted octanol–water partition coefficient (Wildman–Crippen LogP) is 4.44. The van der Waals surface area contributed by atoms with Crippen LogP contribution in [-0.4, -0.2) is 39.7 Å². The summed E-state index contributed by atoms with van der Waals surface area (Å²) in [6.07, 6.45) is -2.91. The third kappa shape index (κ3) is 4.22. The zero-order valence-corrected chi connectivity index (χ0v) is 16.4. The number of likely N-dealkylation sites (tertiary alicyclic amines) is 1. The maximum Gasteiger partial charge on any atom is 0.433 e. The van der Waals surface area contributed by atoms with Gasteiger partial charge in [-0.1, -0.05) is 12.1 Å². The lowest BCUT2D eigenvalue weighted by Crippen LogP contribution is -2.33. The number of ether oxygens (including phenoxy) is 1. The summed E-state index contributed by atoms with van der Waals surface area (Å²) in [6.45, 7) is 4.14. The third-order valence-corrected chi connectivity index (χ3v) is 5.43. The Kier molecular flexibility index (Phi) is 5.21. The molecule has 0 amide bonds. The van der Waals surface area contributed by atoms with E-state index in [2.05, 4.69) is 15.0 Å². The Morgan fingerprint density at radius 3 is 2.41 bits per heavy atom. The highest BCUT2D eigenvalue weighted by molar-refractivity contribution is 5.43. The van der Waals surface area contributed by atoms with Crippen LogP contribution in [0.25, 0.3) is 5.65 Å². The van der Waals surface area contributed by atoms with Gasteiger partial charge in [0.15, 0.2) is 5.65 Å². The van der Waals surface area contributed by atoms with Crippen molar-refractivity contribution >= 4 is 5.65 Å². The van der Waals surface area contributed by atoms with E-state index in [-0.39, 0.29) is 11.6 Å². The summed E-state index contributed by atoms with van der Waals surface area (Å²) in [5.41, 5.74) is 1.72. The lowest BCUT2D eigenvalue weighted by atomic mass is 9.92. The van der Waals surface area contributed by atoms with Crippen LogP contribution in [0.5, 0.6) is 5.75 Å². The molecule has 3 heterocycles. The summed E-state index contributed by atoms with van der Waals surface area (Å²) >= 11 is 0. The third-order valence-electron chi connectivity index (χ3n) is 5.43. The summed E-state index contributed by atoms with van der Waals surface area (Å²) in [6, 6.07) is 10.7. The quantitative estimate of drug-likeness (QED) is 0.645. The standard InChI is InChI=1S/C21H23F3N4O/c1-14-11-20-25-18(12-19(21(22,23)24)28(20)26-14)16-7-9-27(10-8-16)13-15-3-5-17(29-2)6-4-15/h3-6,11-12,16H,7-10,13H2,1-2H3. The molecule has 1 aromatic carbocycles. The Bertz CT molecular complexity index is 990. The van der Waals surface area contributed by atoms with Crippen molar-refractivity contribution in [1.82, 2.24) is 19.5 Å². The molecule has 0 unspecified atom stereocenters. The number of aryl methyl sites for hydroxylation is 1. The molecular weight excluding hydrogens is 381 g/mol. The molecule has 4 rings (SSSR count). The highest BCUT2D eigenvalue weighted by Crippen LogP contribution is 2.34. The number of piperidine rings is 1. The van der Waals surface area contributed by atoms with Crippen LogP contribution in [0.3, 0.4) is 0 Å². The summed E-state index contributed by atoms with van der Waals surface area (Å²) in [7, 11) is 1.64. The fourth-order valence-corrected chi connectivity index (χ4v) is 3.90. The van der Waals surface area contributed by atoms with Gasteiger partial charge in [-0.25, -0.2) is 9.50 Å². The fourth-order valence-electron chi connectivity index (χ4n) is 3.90. The number of fused-ring (bicyclic) bond motifs is 1. The second-order valence-corrected chi connectivity index (χ2v) is 7.52. The molecule has 0 bridgehead atoms. The summed E-state index contributed by atoms with van der Waals surface area (Å²) in [5.74, 6) is 0.841. The first kappa shape index (κ1) is 19.7. The second-order valence-electron chi connectivity index (χ2n) is 7.52. The molecule has 5 nitrogen and oxygen atoms in total. The van der Waals surface area contributed by atoms with E-state index in [0.717, 1.165) is 42.7 Å². The number of methoxy groups -OCH3 is 1. The van der Waals surface area contributed by atoms with E-state index in [4.69, 9.17) is 4.74 Å². The number of hydrogen-bond acceptors (Lipinski definition) is 4. The Labute approximate surface area is 167 Å². The Morgan fingerprint density at radius 1 is 1.10 bits per heavy atom. The van der Waals surface area contributed by atoms with Gasteiger partial charge in [0.1, 0.15) is 11.4 Å². The van der Waals surface area contributed by atoms with Crippen LogP contribution >= 0.6 is 0 Å². The first-order valence-corrected chi connectivity index (χ1v) is 9.63. The fraction of sp³-hybridized carbons (Fsp3) is 0.429. The van der Waals surface area contributed by atoms with Crippen LogP contribution < -0.4 is 4.74 Å². The van der Waals surface area contributed by atoms with E-state index in [0.29, 0.717) is 11.4 Å². The lowest BCUT2D eigenvalue weighted by Gasteiger charge is -2.32. The zero-order chi connectivity index (χ0) is 20.6. The Morgan fingerprint density at radius 2 is 1.79 bits per heavy atom. The SMILES string of the molecule is COc1ccc(CN2CCC(c3cc(C(F)(F)F)n4nc(C)cc4n3)CC2)cc1. The van der Waals surface area contributed by atoms with Crippen molar-refractivity contribution in [3.05, 3.63) is 59.0 Å². The highest BCUT2D eigenvalue weighted by atomic mass is 19.4. The van der Waals surface area contributed by atoms with E-state index in [9.17, 15) is 13.2 Å². The van der Waals surface area contributed by atoms with Gasteiger partial charge in [0.2, 0.25) is 0 Å². The number of rotatable bonds is 4. The first-order chi connectivity index (χ1) is 13.8. The van der Waals surface area contributed by atoms with E-state index < -0.39 is 11.9 Å². The monoisotopic (exact) mass is 404 g/mol. The molecule has 1 aliphatic heterocycles. The number of halogens is 3. The van der Waals surface area contributed by atoms with Crippen molar-refractivity contribution in [2.45, 2.75) is 38.4 Å². The summed E-state index contributed by atoms with van der Waals surface area (Å²) < 4.78 is 46.7. The number of alkyl halides is 3. The van der Waals surface area contributed by atoms with Gasteiger partial charge >= 0.3 is 6.18 Å². The molecular formula is C21H23F3N4O. The average Bonchev–Trinajstić information content (AvgIpc) is 3.07. The van der Waals surface area contributed by atoms with Crippen LogP contribution in [0.15, 0.2) is 36.4 Å². The second kappa shape index (κ2) is 7.67. The zero-order valence-electron chi connectivity index (χ0n) is 16.4. The van der Waals surface area contributed by atoms with Crippen LogP contribution in [0.4, 0.5) is 13.2 Å². The molecule has 0 N–H and O–H groups in total. The molecule has 0 radical (unpaired) electrons. The number of hydrogen-bond donors (Lipinski definition) is 0. The van der Waals surface area contributed by atoms with E-state index >= 15 is 0 Å². The van der Waals surface area contributed by atoms with Gasteiger partial charge in [-0.15, -0.1) is 0 Å². The minimum absolute atomic E-state index is 0.0171. The Hall–Kier alpha value is -2.61.